The molecule has 2 heterocycles. The van der Waals surface area contributed by atoms with Gasteiger partial charge in [0.15, 0.2) is 5.17 Å². The highest BCUT2D eigenvalue weighted by molar-refractivity contribution is 8.19. The summed E-state index contributed by atoms with van der Waals surface area (Å²) in [7, 11) is 5.65. The van der Waals surface area contributed by atoms with E-state index in [1.165, 1.54) is 11.8 Å². The van der Waals surface area contributed by atoms with Gasteiger partial charge in [-0.15, -0.1) is 0 Å². The van der Waals surface area contributed by atoms with E-state index >= 15 is 0 Å². The third kappa shape index (κ3) is 7.21. The van der Waals surface area contributed by atoms with Gasteiger partial charge in [0, 0.05) is 36.8 Å². The van der Waals surface area contributed by atoms with Crippen molar-refractivity contribution in [2.75, 3.05) is 62.9 Å². The van der Waals surface area contributed by atoms with E-state index in [0.717, 1.165) is 32.6 Å². The molecule has 3 aromatic carbocycles. The van der Waals surface area contributed by atoms with E-state index in [0.29, 0.717) is 47.7 Å². The first-order chi connectivity index (χ1) is 21.3. The Kier molecular flexibility index (Phi) is 10.2. The Morgan fingerprint density at radius 3 is 2.59 bits per heavy atom. The molecule has 12 heteroatoms. The van der Waals surface area contributed by atoms with Crippen LogP contribution in [-0.4, -0.2) is 74.2 Å². The number of aliphatic imine (C=N–C) groups is 1. The van der Waals surface area contributed by atoms with E-state index in [1.807, 2.05) is 105 Å². The van der Waals surface area contributed by atoms with Gasteiger partial charge in [-0.2, -0.15) is 0 Å². The minimum atomic E-state index is -0.120. The van der Waals surface area contributed by atoms with E-state index in [2.05, 4.69) is 10.6 Å². The van der Waals surface area contributed by atoms with E-state index in [1.54, 1.807) is 16.7 Å². The summed E-state index contributed by atoms with van der Waals surface area (Å²) in [6.45, 7) is 4.20. The van der Waals surface area contributed by atoms with Gasteiger partial charge in [0.25, 0.3) is 5.91 Å². The Morgan fingerprint density at radius 2 is 1.86 bits per heavy atom. The molecule has 2 aliphatic rings. The number of hydrogen-bond donors (Lipinski definition) is 3. The highest BCUT2D eigenvalue weighted by Gasteiger charge is 2.39. The monoisotopic (exact) mass is 631 g/mol. The summed E-state index contributed by atoms with van der Waals surface area (Å²) >= 11 is 2.92. The molecular formula is C32H37N7O3S2. The molecule has 4 N–H and O–H groups in total. The number of thioether (sulfide) groups is 2. The maximum Gasteiger partial charge on any atom is 0.269 e. The molecule has 0 unspecified atom stereocenters. The normalized spacial score (nSPS) is 17.0. The van der Waals surface area contributed by atoms with Crippen LogP contribution in [0.3, 0.4) is 0 Å². The van der Waals surface area contributed by atoms with Gasteiger partial charge in [0.2, 0.25) is 5.91 Å². The standard InChI is InChI=1S/C32H37N7O3S2/c1-5-34-24-13-11-22(35-28(40)20-37(2)3)17-25(24)36-32-39(19-21-9-7-6-8-10-21)30(41)29(44-32)31-38(4)26-18-23(42-16-15-33)12-14-27(26)43-31/h6-14,17-18,34H,5,15-16,19-20,33H2,1-4H3,(H,35,40)/b31-29-,36-32+. The molecule has 5 rings (SSSR count). The fourth-order valence-corrected chi connectivity index (χ4v) is 7.06. The van der Waals surface area contributed by atoms with E-state index < -0.39 is 0 Å². The number of amidine groups is 1. The molecule has 0 radical (unpaired) electrons. The maximum absolute atomic E-state index is 14.1. The second-order valence-electron chi connectivity index (χ2n) is 10.5. The van der Waals surface area contributed by atoms with Gasteiger partial charge >= 0.3 is 0 Å². The van der Waals surface area contributed by atoms with Gasteiger partial charge < -0.3 is 30.9 Å². The molecule has 0 atom stereocenters. The van der Waals surface area contributed by atoms with Gasteiger partial charge in [0.1, 0.15) is 17.3 Å². The van der Waals surface area contributed by atoms with Crippen LogP contribution in [0.1, 0.15) is 12.5 Å². The minimum absolute atomic E-state index is 0.111. The molecule has 0 saturated carbocycles. The second-order valence-corrected chi connectivity index (χ2v) is 12.5. The van der Waals surface area contributed by atoms with Crippen LogP contribution in [0.15, 0.2) is 86.6 Å². The van der Waals surface area contributed by atoms with Crippen molar-refractivity contribution in [1.82, 2.24) is 9.80 Å². The molecule has 10 nitrogen and oxygen atoms in total. The highest BCUT2D eigenvalue weighted by atomic mass is 32.2. The van der Waals surface area contributed by atoms with Crippen LogP contribution in [0.25, 0.3) is 0 Å². The number of anilines is 3. The van der Waals surface area contributed by atoms with Crippen LogP contribution in [0.2, 0.25) is 0 Å². The molecule has 0 bridgehead atoms. The number of fused-ring (bicyclic) bond motifs is 1. The summed E-state index contributed by atoms with van der Waals surface area (Å²) in [5, 5.41) is 7.71. The molecular weight excluding hydrogens is 595 g/mol. The molecule has 0 spiro atoms. The average Bonchev–Trinajstić information content (AvgIpc) is 3.48. The molecule has 2 amide bonds. The average molecular weight is 632 g/mol. The number of carbonyl (C=O) groups excluding carboxylic acids is 2. The van der Waals surface area contributed by atoms with Gasteiger partial charge in [-0.25, -0.2) is 4.99 Å². The van der Waals surface area contributed by atoms with Crippen molar-refractivity contribution in [2.24, 2.45) is 10.7 Å². The molecule has 1 fully saturated rings. The summed E-state index contributed by atoms with van der Waals surface area (Å²) in [5.41, 5.74) is 9.66. The Labute approximate surface area is 266 Å². The number of amides is 2. The number of likely N-dealkylation sites (N-methyl/N-ethyl adjacent to an activating group) is 1. The number of ether oxygens (including phenoxy) is 1. The quantitative estimate of drug-likeness (QED) is 0.248. The Balaban J connectivity index is 1.53. The summed E-state index contributed by atoms with van der Waals surface area (Å²) in [5.74, 6) is 0.505. The summed E-state index contributed by atoms with van der Waals surface area (Å²) < 4.78 is 5.75. The van der Waals surface area contributed by atoms with Crippen LogP contribution < -0.4 is 26.0 Å². The van der Waals surface area contributed by atoms with Gasteiger partial charge in [0.05, 0.1) is 35.2 Å². The smallest absolute Gasteiger partial charge is 0.269 e. The third-order valence-corrected chi connectivity index (χ3v) is 9.19. The number of carbonyl (C=O) groups is 2. The fourth-order valence-electron chi connectivity index (χ4n) is 4.75. The first-order valence-corrected chi connectivity index (χ1v) is 16.0. The molecule has 3 aromatic rings. The largest absolute Gasteiger partial charge is 0.492 e. The second kappa shape index (κ2) is 14.2. The lowest BCUT2D eigenvalue weighted by Crippen LogP contribution is -2.29. The minimum Gasteiger partial charge on any atom is -0.492 e. The van der Waals surface area contributed by atoms with Gasteiger partial charge in [-0.1, -0.05) is 42.1 Å². The molecule has 0 aromatic heterocycles. The summed E-state index contributed by atoms with van der Waals surface area (Å²) in [4.78, 5) is 38.9. The molecule has 230 valence electrons. The predicted octanol–water partition coefficient (Wildman–Crippen LogP) is 5.13. The Morgan fingerprint density at radius 1 is 1.07 bits per heavy atom. The Bertz CT molecular complexity index is 1590. The zero-order valence-corrected chi connectivity index (χ0v) is 26.9. The number of rotatable bonds is 11. The van der Waals surface area contributed by atoms with Crippen molar-refractivity contribution in [3.8, 4) is 5.75 Å². The molecule has 0 aliphatic carbocycles. The number of benzene rings is 3. The van der Waals surface area contributed by atoms with Crippen molar-refractivity contribution < 1.29 is 14.3 Å². The lowest BCUT2D eigenvalue weighted by Gasteiger charge is -2.18. The number of nitrogens with zero attached hydrogens (tertiary/aromatic N) is 4. The van der Waals surface area contributed by atoms with Crippen molar-refractivity contribution in [3.05, 3.63) is 82.2 Å². The highest BCUT2D eigenvalue weighted by Crippen LogP contribution is 2.51. The van der Waals surface area contributed by atoms with Crippen molar-refractivity contribution in [1.29, 1.82) is 0 Å². The van der Waals surface area contributed by atoms with Crippen LogP contribution >= 0.6 is 23.5 Å². The van der Waals surface area contributed by atoms with Crippen molar-refractivity contribution in [2.45, 2.75) is 18.4 Å². The van der Waals surface area contributed by atoms with Gasteiger partial charge in [-0.05, 0) is 68.7 Å². The van der Waals surface area contributed by atoms with E-state index in [-0.39, 0.29) is 18.4 Å². The molecule has 2 aliphatic heterocycles. The third-order valence-electron chi connectivity index (χ3n) is 6.76. The van der Waals surface area contributed by atoms with Crippen LogP contribution in [-0.2, 0) is 16.1 Å². The van der Waals surface area contributed by atoms with Crippen LogP contribution in [0, 0.1) is 0 Å². The summed E-state index contributed by atoms with van der Waals surface area (Å²) in [6, 6.07) is 21.4. The first-order valence-electron chi connectivity index (χ1n) is 14.3. The lowest BCUT2D eigenvalue weighted by atomic mass is 10.2. The van der Waals surface area contributed by atoms with Crippen LogP contribution in [0.4, 0.5) is 22.7 Å². The zero-order chi connectivity index (χ0) is 31.2. The topological polar surface area (TPSA) is 116 Å². The fraction of sp³-hybridized carbons (Fsp3) is 0.281. The molecule has 44 heavy (non-hydrogen) atoms. The first kappa shape index (κ1) is 31.5. The van der Waals surface area contributed by atoms with E-state index in [9.17, 15) is 9.59 Å². The van der Waals surface area contributed by atoms with E-state index in [4.69, 9.17) is 15.5 Å². The number of nitrogens with one attached hydrogen (secondary N) is 2. The van der Waals surface area contributed by atoms with Crippen LogP contribution in [0.5, 0.6) is 5.75 Å². The predicted molar refractivity (Wildman–Crippen MR) is 182 cm³/mol. The van der Waals surface area contributed by atoms with Crippen molar-refractivity contribution >= 4 is 63.3 Å². The number of hydrogen-bond acceptors (Lipinski definition) is 10. The lowest BCUT2D eigenvalue weighted by molar-refractivity contribution is -0.122. The SMILES string of the molecule is CCNc1ccc(NC(=O)CN(C)C)cc1/N=C1/S/C(=C2\Sc3ccc(OCCN)cc3N2C)C(=O)N1Cc1ccccc1. The Hall–Kier alpha value is -3.97. The summed E-state index contributed by atoms with van der Waals surface area (Å²) in [6.07, 6.45) is 0. The number of nitrogens with two attached hydrogens (primary N) is 1. The maximum atomic E-state index is 14.1. The molecule has 1 saturated heterocycles. The van der Waals surface area contributed by atoms with Crippen molar-refractivity contribution in [3.63, 3.8) is 0 Å². The zero-order valence-electron chi connectivity index (χ0n) is 25.3. The van der Waals surface area contributed by atoms with Gasteiger partial charge in [-0.3, -0.25) is 14.5 Å².